The Kier molecular flexibility index (Phi) is 3.81. The van der Waals surface area contributed by atoms with Gasteiger partial charge in [0.25, 0.3) is 0 Å². The molecule has 98 valence electrons. The predicted octanol–water partition coefficient (Wildman–Crippen LogP) is 0.648. The molecule has 5 heteroatoms. The number of nitrogens with zero attached hydrogens (tertiary/aromatic N) is 2. The first-order chi connectivity index (χ1) is 7.67. The zero-order valence-electron chi connectivity index (χ0n) is 11.2. The summed E-state index contributed by atoms with van der Waals surface area (Å²) in [6.45, 7) is 8.21. The van der Waals surface area contributed by atoms with Gasteiger partial charge in [-0.2, -0.15) is 0 Å². The second kappa shape index (κ2) is 4.64. The molecule has 0 spiro atoms. The Morgan fingerprint density at radius 1 is 1.18 bits per heavy atom. The average Bonchev–Trinajstić information content (AvgIpc) is 2.23. The minimum atomic E-state index is -1.34. The lowest BCUT2D eigenvalue weighted by atomic mass is 9.91. The van der Waals surface area contributed by atoms with E-state index in [1.807, 2.05) is 20.9 Å². The van der Waals surface area contributed by atoms with Crippen molar-refractivity contribution >= 4 is 11.9 Å². The number of aliphatic carboxylic acids is 1. The maximum absolute atomic E-state index is 12.2. The molecule has 17 heavy (non-hydrogen) atoms. The zero-order valence-corrected chi connectivity index (χ0v) is 11.2. The lowest BCUT2D eigenvalue weighted by Crippen LogP contribution is -2.59. The van der Waals surface area contributed by atoms with Crippen molar-refractivity contribution in [2.75, 3.05) is 20.1 Å². The monoisotopic (exact) mass is 242 g/mol. The van der Waals surface area contributed by atoms with Crippen LogP contribution in [0.2, 0.25) is 0 Å². The summed E-state index contributed by atoms with van der Waals surface area (Å²) in [7, 11) is 2.03. The summed E-state index contributed by atoms with van der Waals surface area (Å²) in [6.07, 6.45) is 0. The van der Waals surface area contributed by atoms with Crippen molar-refractivity contribution in [2.24, 2.45) is 5.41 Å². The summed E-state index contributed by atoms with van der Waals surface area (Å²) in [5.74, 6) is -1.36. The van der Waals surface area contributed by atoms with E-state index < -0.39 is 11.4 Å². The minimum absolute atomic E-state index is 0.257. The molecule has 1 fully saturated rings. The molecule has 0 saturated carbocycles. The third-order valence-electron chi connectivity index (χ3n) is 3.72. The zero-order chi connectivity index (χ0) is 13.4. The molecule has 1 rings (SSSR count). The molecular weight excluding hydrogens is 220 g/mol. The summed E-state index contributed by atoms with van der Waals surface area (Å²) in [5.41, 5.74) is -1.34. The van der Waals surface area contributed by atoms with Crippen LogP contribution in [0.3, 0.4) is 0 Å². The fraction of sp³-hybridized carbons (Fsp3) is 0.833. The van der Waals surface area contributed by atoms with Crippen LogP contribution in [0.4, 0.5) is 0 Å². The van der Waals surface area contributed by atoms with Gasteiger partial charge in [-0.3, -0.25) is 14.5 Å². The van der Waals surface area contributed by atoms with Gasteiger partial charge in [0.05, 0.1) is 0 Å². The SMILES string of the molecule is CC1CN(C(=O)C(C)(C)C(=O)O)CC(C)N1C. The van der Waals surface area contributed by atoms with Gasteiger partial charge in [-0.1, -0.05) is 0 Å². The normalized spacial score (nSPS) is 27.0. The Hall–Kier alpha value is -1.10. The first-order valence-electron chi connectivity index (χ1n) is 5.92. The lowest BCUT2D eigenvalue weighted by molar-refractivity contribution is -0.160. The molecule has 5 nitrogen and oxygen atoms in total. The molecule has 2 atom stereocenters. The van der Waals surface area contributed by atoms with Crippen LogP contribution in [0.25, 0.3) is 0 Å². The standard InChI is InChI=1S/C12H22N2O3/c1-8-6-14(7-9(2)13(8)5)10(15)12(3,4)11(16)17/h8-9H,6-7H2,1-5H3,(H,16,17). The number of hydrogen-bond acceptors (Lipinski definition) is 3. The van der Waals surface area contributed by atoms with E-state index in [0.717, 1.165) is 0 Å². The second-order valence-electron chi connectivity index (χ2n) is 5.50. The van der Waals surface area contributed by atoms with Crippen molar-refractivity contribution in [3.05, 3.63) is 0 Å². The first-order valence-corrected chi connectivity index (χ1v) is 5.92. The molecule has 0 bridgehead atoms. The van der Waals surface area contributed by atoms with Crippen molar-refractivity contribution < 1.29 is 14.7 Å². The van der Waals surface area contributed by atoms with Gasteiger partial charge in [0.2, 0.25) is 5.91 Å². The van der Waals surface area contributed by atoms with E-state index in [2.05, 4.69) is 4.90 Å². The van der Waals surface area contributed by atoms with Crippen LogP contribution in [0.1, 0.15) is 27.7 Å². The molecule has 1 aliphatic rings. The summed E-state index contributed by atoms with van der Waals surface area (Å²) in [5, 5.41) is 9.07. The van der Waals surface area contributed by atoms with Gasteiger partial charge in [0.1, 0.15) is 5.41 Å². The molecular formula is C12H22N2O3. The number of rotatable bonds is 2. The van der Waals surface area contributed by atoms with Crippen molar-refractivity contribution in [3.8, 4) is 0 Å². The van der Waals surface area contributed by atoms with E-state index in [1.54, 1.807) is 4.90 Å². The van der Waals surface area contributed by atoms with E-state index in [4.69, 9.17) is 5.11 Å². The predicted molar refractivity (Wildman–Crippen MR) is 64.7 cm³/mol. The number of carboxylic acids is 1. The summed E-state index contributed by atoms with van der Waals surface area (Å²) in [4.78, 5) is 27.1. The van der Waals surface area contributed by atoms with Crippen LogP contribution in [0, 0.1) is 5.41 Å². The number of carbonyl (C=O) groups excluding carboxylic acids is 1. The second-order valence-corrected chi connectivity index (χ2v) is 5.50. The van der Waals surface area contributed by atoms with Crippen molar-refractivity contribution in [1.82, 2.24) is 9.80 Å². The molecule has 1 saturated heterocycles. The molecule has 1 aliphatic heterocycles. The fourth-order valence-corrected chi connectivity index (χ4v) is 2.06. The van der Waals surface area contributed by atoms with E-state index in [-0.39, 0.29) is 18.0 Å². The highest BCUT2D eigenvalue weighted by Gasteiger charge is 2.41. The van der Waals surface area contributed by atoms with Gasteiger partial charge in [0, 0.05) is 25.2 Å². The Morgan fingerprint density at radius 2 is 1.59 bits per heavy atom. The molecule has 1 heterocycles. The number of hydrogen-bond donors (Lipinski definition) is 1. The lowest BCUT2D eigenvalue weighted by Gasteiger charge is -2.44. The van der Waals surface area contributed by atoms with Crippen molar-refractivity contribution in [2.45, 2.75) is 39.8 Å². The summed E-state index contributed by atoms with van der Waals surface area (Å²) < 4.78 is 0. The Labute approximate surface area is 102 Å². The summed E-state index contributed by atoms with van der Waals surface area (Å²) >= 11 is 0. The molecule has 0 aromatic carbocycles. The average molecular weight is 242 g/mol. The Bertz CT molecular complexity index is 316. The third-order valence-corrected chi connectivity index (χ3v) is 3.72. The highest BCUT2D eigenvalue weighted by atomic mass is 16.4. The topological polar surface area (TPSA) is 60.9 Å². The molecule has 1 N–H and O–H groups in total. The van der Waals surface area contributed by atoms with Crippen LogP contribution in [0.15, 0.2) is 0 Å². The van der Waals surface area contributed by atoms with Crippen LogP contribution < -0.4 is 0 Å². The van der Waals surface area contributed by atoms with Crippen LogP contribution in [0.5, 0.6) is 0 Å². The van der Waals surface area contributed by atoms with Gasteiger partial charge in [-0.15, -0.1) is 0 Å². The van der Waals surface area contributed by atoms with Crippen LogP contribution in [-0.4, -0.2) is 59.0 Å². The van der Waals surface area contributed by atoms with Gasteiger partial charge < -0.3 is 10.0 Å². The van der Waals surface area contributed by atoms with Gasteiger partial charge in [-0.05, 0) is 34.7 Å². The van der Waals surface area contributed by atoms with Gasteiger partial charge in [0.15, 0.2) is 0 Å². The van der Waals surface area contributed by atoms with E-state index in [9.17, 15) is 9.59 Å². The van der Waals surface area contributed by atoms with Crippen molar-refractivity contribution in [3.63, 3.8) is 0 Å². The first kappa shape index (κ1) is 14.0. The fourth-order valence-electron chi connectivity index (χ4n) is 2.06. The van der Waals surface area contributed by atoms with Gasteiger partial charge >= 0.3 is 5.97 Å². The largest absolute Gasteiger partial charge is 0.480 e. The molecule has 0 radical (unpaired) electrons. The maximum Gasteiger partial charge on any atom is 0.318 e. The number of carbonyl (C=O) groups is 2. The van der Waals surface area contributed by atoms with Gasteiger partial charge in [-0.25, -0.2) is 0 Å². The van der Waals surface area contributed by atoms with Crippen LogP contribution >= 0.6 is 0 Å². The van der Waals surface area contributed by atoms with Crippen molar-refractivity contribution in [1.29, 1.82) is 0 Å². The highest BCUT2D eigenvalue weighted by Crippen LogP contribution is 2.23. The summed E-state index contributed by atoms with van der Waals surface area (Å²) in [6, 6.07) is 0.514. The maximum atomic E-state index is 12.2. The van der Waals surface area contributed by atoms with E-state index >= 15 is 0 Å². The third kappa shape index (κ3) is 2.60. The molecule has 0 aromatic rings. The minimum Gasteiger partial charge on any atom is -0.480 e. The smallest absolute Gasteiger partial charge is 0.318 e. The quantitative estimate of drug-likeness (QED) is 0.722. The number of amides is 1. The number of likely N-dealkylation sites (N-methyl/N-ethyl adjacent to an activating group) is 1. The number of carboxylic acid groups (broad SMARTS) is 1. The molecule has 0 aromatic heterocycles. The van der Waals surface area contributed by atoms with Crippen LogP contribution in [-0.2, 0) is 9.59 Å². The Balaban J connectivity index is 2.82. The molecule has 1 amide bonds. The van der Waals surface area contributed by atoms with E-state index in [0.29, 0.717) is 13.1 Å². The highest BCUT2D eigenvalue weighted by molar-refractivity contribution is 6.01. The molecule has 2 unspecified atom stereocenters. The van der Waals surface area contributed by atoms with E-state index in [1.165, 1.54) is 13.8 Å². The Morgan fingerprint density at radius 3 is 1.94 bits per heavy atom. The molecule has 0 aliphatic carbocycles. The number of piperazine rings is 1.